The fraction of sp³-hybridized carbons (Fsp3) is 0.588. The van der Waals surface area contributed by atoms with Crippen molar-refractivity contribution in [3.8, 4) is 0 Å². The third kappa shape index (κ3) is 6.27. The van der Waals surface area contributed by atoms with Crippen molar-refractivity contribution in [3.63, 3.8) is 0 Å². The quantitative estimate of drug-likeness (QED) is 0.812. The van der Waals surface area contributed by atoms with E-state index < -0.39 is 5.60 Å². The average molecular weight is 292 g/mol. The van der Waals surface area contributed by atoms with E-state index >= 15 is 0 Å². The van der Waals surface area contributed by atoms with E-state index in [4.69, 9.17) is 0 Å². The van der Waals surface area contributed by atoms with E-state index in [0.717, 1.165) is 17.8 Å². The van der Waals surface area contributed by atoms with Crippen molar-refractivity contribution in [1.82, 2.24) is 4.90 Å². The SMILES string of the molecule is CCN(CC(=O)Nc1ccccc1C(C)C)CC(C)(C)O. The Balaban J connectivity index is 2.69. The molecule has 0 saturated heterocycles. The third-order valence-corrected chi connectivity index (χ3v) is 3.28. The largest absolute Gasteiger partial charge is 0.389 e. The number of nitrogens with zero attached hydrogens (tertiary/aromatic N) is 1. The van der Waals surface area contributed by atoms with E-state index in [1.807, 2.05) is 36.1 Å². The van der Waals surface area contributed by atoms with Crippen molar-refractivity contribution in [3.05, 3.63) is 29.8 Å². The predicted molar refractivity (Wildman–Crippen MR) is 87.6 cm³/mol. The summed E-state index contributed by atoms with van der Waals surface area (Å²) in [6, 6.07) is 7.88. The number of carbonyl (C=O) groups is 1. The topological polar surface area (TPSA) is 52.6 Å². The lowest BCUT2D eigenvalue weighted by Crippen LogP contribution is -2.42. The lowest BCUT2D eigenvalue weighted by molar-refractivity contribution is -0.117. The lowest BCUT2D eigenvalue weighted by atomic mass is 10.0. The number of carbonyl (C=O) groups excluding carboxylic acids is 1. The molecule has 0 heterocycles. The van der Waals surface area contributed by atoms with E-state index in [1.165, 1.54) is 0 Å². The van der Waals surface area contributed by atoms with Gasteiger partial charge in [-0.05, 0) is 37.9 Å². The number of hydrogen-bond acceptors (Lipinski definition) is 3. The minimum atomic E-state index is -0.799. The van der Waals surface area contributed by atoms with Crippen LogP contribution >= 0.6 is 0 Å². The molecule has 0 atom stereocenters. The number of amides is 1. The van der Waals surface area contributed by atoms with Crippen LogP contribution < -0.4 is 5.32 Å². The summed E-state index contributed by atoms with van der Waals surface area (Å²) in [5.74, 6) is 0.314. The maximum Gasteiger partial charge on any atom is 0.238 e. The van der Waals surface area contributed by atoms with Crippen molar-refractivity contribution in [2.75, 3.05) is 25.0 Å². The molecule has 0 radical (unpaired) electrons. The van der Waals surface area contributed by atoms with Gasteiger partial charge in [-0.25, -0.2) is 0 Å². The Morgan fingerprint density at radius 1 is 1.33 bits per heavy atom. The Morgan fingerprint density at radius 2 is 1.95 bits per heavy atom. The van der Waals surface area contributed by atoms with Crippen LogP contribution in [0.25, 0.3) is 0 Å². The molecule has 0 aliphatic heterocycles. The van der Waals surface area contributed by atoms with Gasteiger partial charge in [0.2, 0.25) is 5.91 Å². The van der Waals surface area contributed by atoms with Crippen molar-refractivity contribution in [2.45, 2.75) is 46.1 Å². The molecule has 0 unspecified atom stereocenters. The molecule has 2 N–H and O–H groups in total. The summed E-state index contributed by atoms with van der Waals surface area (Å²) in [4.78, 5) is 14.1. The van der Waals surface area contributed by atoms with Crippen LogP contribution in [0.15, 0.2) is 24.3 Å². The monoisotopic (exact) mass is 292 g/mol. The lowest BCUT2D eigenvalue weighted by Gasteiger charge is -2.27. The Kier molecular flexibility index (Phi) is 6.37. The Bertz CT molecular complexity index is 464. The molecular weight excluding hydrogens is 264 g/mol. The average Bonchev–Trinajstić information content (AvgIpc) is 2.36. The molecular formula is C17H28N2O2. The fourth-order valence-corrected chi connectivity index (χ4v) is 2.33. The number of benzene rings is 1. The van der Waals surface area contributed by atoms with Crippen LogP contribution in [0.1, 0.15) is 46.1 Å². The molecule has 0 aromatic heterocycles. The van der Waals surface area contributed by atoms with Crippen LogP contribution in [-0.4, -0.2) is 41.1 Å². The molecule has 0 fully saturated rings. The van der Waals surface area contributed by atoms with Gasteiger partial charge in [0.15, 0.2) is 0 Å². The first kappa shape index (κ1) is 17.7. The molecule has 0 aliphatic rings. The Morgan fingerprint density at radius 3 is 2.48 bits per heavy atom. The zero-order chi connectivity index (χ0) is 16.0. The minimum absolute atomic E-state index is 0.0470. The highest BCUT2D eigenvalue weighted by atomic mass is 16.3. The second-order valence-electron chi connectivity index (χ2n) is 6.41. The highest BCUT2D eigenvalue weighted by Gasteiger charge is 2.19. The van der Waals surface area contributed by atoms with Crippen molar-refractivity contribution in [2.24, 2.45) is 0 Å². The predicted octanol–water partition coefficient (Wildman–Crippen LogP) is 2.84. The number of para-hydroxylation sites is 1. The Labute approximate surface area is 128 Å². The van der Waals surface area contributed by atoms with Gasteiger partial charge < -0.3 is 10.4 Å². The number of likely N-dealkylation sites (N-methyl/N-ethyl adjacent to an activating group) is 1. The van der Waals surface area contributed by atoms with Gasteiger partial charge in [0.05, 0.1) is 12.1 Å². The fourth-order valence-electron chi connectivity index (χ4n) is 2.33. The molecule has 4 nitrogen and oxygen atoms in total. The van der Waals surface area contributed by atoms with E-state index in [0.29, 0.717) is 12.5 Å². The summed E-state index contributed by atoms with van der Waals surface area (Å²) in [5, 5.41) is 12.8. The van der Waals surface area contributed by atoms with Crippen LogP contribution in [0.4, 0.5) is 5.69 Å². The number of anilines is 1. The first-order valence-corrected chi connectivity index (χ1v) is 7.56. The number of nitrogens with one attached hydrogen (secondary N) is 1. The third-order valence-electron chi connectivity index (χ3n) is 3.28. The van der Waals surface area contributed by atoms with Crippen LogP contribution in [0.5, 0.6) is 0 Å². The highest BCUT2D eigenvalue weighted by Crippen LogP contribution is 2.23. The van der Waals surface area contributed by atoms with Gasteiger partial charge in [0.25, 0.3) is 0 Å². The van der Waals surface area contributed by atoms with Gasteiger partial charge >= 0.3 is 0 Å². The Hall–Kier alpha value is -1.39. The molecule has 4 heteroatoms. The van der Waals surface area contributed by atoms with E-state index in [2.05, 4.69) is 19.2 Å². The smallest absolute Gasteiger partial charge is 0.238 e. The molecule has 1 amide bonds. The summed E-state index contributed by atoms with van der Waals surface area (Å²) in [6.07, 6.45) is 0. The van der Waals surface area contributed by atoms with Crippen LogP contribution in [0.3, 0.4) is 0 Å². The first-order chi connectivity index (χ1) is 9.73. The second kappa shape index (κ2) is 7.57. The molecule has 1 aromatic carbocycles. The molecule has 0 aliphatic carbocycles. The minimum Gasteiger partial charge on any atom is -0.389 e. The number of aliphatic hydroxyl groups is 1. The van der Waals surface area contributed by atoms with E-state index in [9.17, 15) is 9.90 Å². The molecule has 118 valence electrons. The van der Waals surface area contributed by atoms with Gasteiger partial charge in [-0.3, -0.25) is 9.69 Å². The maximum atomic E-state index is 12.2. The van der Waals surface area contributed by atoms with Gasteiger partial charge in [0, 0.05) is 12.2 Å². The number of rotatable bonds is 7. The highest BCUT2D eigenvalue weighted by molar-refractivity contribution is 5.93. The summed E-state index contributed by atoms with van der Waals surface area (Å²) in [6.45, 7) is 11.2. The van der Waals surface area contributed by atoms with Gasteiger partial charge in [0.1, 0.15) is 0 Å². The van der Waals surface area contributed by atoms with E-state index in [-0.39, 0.29) is 12.5 Å². The summed E-state index contributed by atoms with van der Waals surface area (Å²) in [7, 11) is 0. The molecule has 0 saturated carbocycles. The second-order valence-corrected chi connectivity index (χ2v) is 6.41. The summed E-state index contributed by atoms with van der Waals surface area (Å²) >= 11 is 0. The van der Waals surface area contributed by atoms with Crippen LogP contribution in [-0.2, 0) is 4.79 Å². The van der Waals surface area contributed by atoms with E-state index in [1.54, 1.807) is 13.8 Å². The summed E-state index contributed by atoms with van der Waals surface area (Å²) < 4.78 is 0. The van der Waals surface area contributed by atoms with Crippen molar-refractivity contribution < 1.29 is 9.90 Å². The molecule has 1 rings (SSSR count). The molecule has 0 spiro atoms. The van der Waals surface area contributed by atoms with Crippen LogP contribution in [0.2, 0.25) is 0 Å². The zero-order valence-corrected chi connectivity index (χ0v) is 13.8. The molecule has 1 aromatic rings. The maximum absolute atomic E-state index is 12.2. The molecule has 21 heavy (non-hydrogen) atoms. The van der Waals surface area contributed by atoms with Crippen molar-refractivity contribution >= 4 is 11.6 Å². The standard InChI is InChI=1S/C17H28N2O2/c1-6-19(12-17(4,5)21)11-16(20)18-15-10-8-7-9-14(15)13(2)3/h7-10,13,21H,6,11-12H2,1-5H3,(H,18,20). The molecule has 0 bridgehead atoms. The first-order valence-electron chi connectivity index (χ1n) is 7.56. The number of hydrogen-bond donors (Lipinski definition) is 2. The van der Waals surface area contributed by atoms with Crippen molar-refractivity contribution in [1.29, 1.82) is 0 Å². The van der Waals surface area contributed by atoms with Gasteiger partial charge in [-0.1, -0.05) is 39.0 Å². The van der Waals surface area contributed by atoms with Gasteiger partial charge in [-0.2, -0.15) is 0 Å². The normalized spacial score (nSPS) is 12.0. The zero-order valence-electron chi connectivity index (χ0n) is 13.8. The summed E-state index contributed by atoms with van der Waals surface area (Å²) in [5.41, 5.74) is 1.21. The van der Waals surface area contributed by atoms with Gasteiger partial charge in [-0.15, -0.1) is 0 Å². The van der Waals surface area contributed by atoms with Crippen LogP contribution in [0, 0.1) is 0 Å².